The Balaban J connectivity index is 2.72. The molecule has 0 N–H and O–H groups in total. The number of carbonyl (C=O) groups is 1. The molecule has 2 unspecified atom stereocenters. The molecule has 0 aliphatic heterocycles. The first-order valence-corrected chi connectivity index (χ1v) is 5.00. The molecule has 0 bridgehead atoms. The van der Waals surface area contributed by atoms with Crippen LogP contribution in [0.4, 0.5) is 8.78 Å². The molecule has 0 radical (unpaired) electrons. The van der Waals surface area contributed by atoms with Crippen LogP contribution in [0.5, 0.6) is 0 Å². The van der Waals surface area contributed by atoms with Crippen molar-refractivity contribution in [2.75, 3.05) is 6.61 Å². The Bertz CT molecular complexity index is 281. The molecule has 0 heterocycles. The highest BCUT2D eigenvalue weighted by atomic mass is 19.3. The smallest absolute Gasteiger partial charge is 0.310 e. The van der Waals surface area contributed by atoms with Gasteiger partial charge in [-0.15, -0.1) is 12.3 Å². The summed E-state index contributed by atoms with van der Waals surface area (Å²) in [5.74, 6) is -2.25. The topological polar surface area (TPSA) is 26.3 Å². The van der Waals surface area contributed by atoms with Gasteiger partial charge in [0.2, 0.25) is 5.92 Å². The van der Waals surface area contributed by atoms with Crippen molar-refractivity contribution in [2.45, 2.75) is 32.1 Å². The minimum Gasteiger partial charge on any atom is -0.466 e. The van der Waals surface area contributed by atoms with E-state index in [1.165, 1.54) is 0 Å². The maximum absolute atomic E-state index is 13.1. The number of hydrogen-bond acceptors (Lipinski definition) is 2. The Labute approximate surface area is 88.0 Å². The molecule has 0 aromatic heterocycles. The molecule has 2 nitrogen and oxygen atoms in total. The first-order chi connectivity index (χ1) is 7.00. The van der Waals surface area contributed by atoms with Crippen LogP contribution in [0.2, 0.25) is 0 Å². The van der Waals surface area contributed by atoms with Gasteiger partial charge in [-0.25, -0.2) is 8.78 Å². The Kier molecular flexibility index (Phi) is 3.67. The molecule has 1 aliphatic rings. The van der Waals surface area contributed by atoms with Crippen LogP contribution in [0.3, 0.4) is 0 Å². The molecule has 0 amide bonds. The summed E-state index contributed by atoms with van der Waals surface area (Å²) in [7, 11) is 0. The van der Waals surface area contributed by atoms with Gasteiger partial charge in [-0.2, -0.15) is 0 Å². The lowest BCUT2D eigenvalue weighted by Gasteiger charge is -2.31. The quantitative estimate of drug-likeness (QED) is 0.522. The van der Waals surface area contributed by atoms with Gasteiger partial charge in [-0.05, 0) is 13.3 Å². The third kappa shape index (κ3) is 2.92. The number of ether oxygens (including phenoxy) is 1. The zero-order valence-corrected chi connectivity index (χ0v) is 8.63. The molecule has 1 saturated carbocycles. The van der Waals surface area contributed by atoms with Crippen molar-refractivity contribution >= 4 is 5.97 Å². The van der Waals surface area contributed by atoms with Crippen LogP contribution >= 0.6 is 0 Å². The van der Waals surface area contributed by atoms with Gasteiger partial charge in [0.15, 0.2) is 0 Å². The first-order valence-electron chi connectivity index (χ1n) is 5.00. The van der Waals surface area contributed by atoms with Gasteiger partial charge in [-0.1, -0.05) is 0 Å². The minimum absolute atomic E-state index is 0.187. The second kappa shape index (κ2) is 4.61. The van der Waals surface area contributed by atoms with Crippen LogP contribution in [-0.2, 0) is 9.53 Å². The standard InChI is InChI=1S/C11H14F2O2/c1-3-8-5-6-11(12,13)7-9(8)10(14)15-4-2/h1,8-9H,4-7H2,2H3. The minimum atomic E-state index is -2.79. The molecular formula is C11H14F2O2. The second-order valence-corrected chi connectivity index (χ2v) is 3.73. The summed E-state index contributed by atoms with van der Waals surface area (Å²) < 4.78 is 30.9. The summed E-state index contributed by atoms with van der Waals surface area (Å²) in [6.45, 7) is 1.84. The first kappa shape index (κ1) is 12.0. The summed E-state index contributed by atoms with van der Waals surface area (Å²) in [4.78, 5) is 11.4. The zero-order valence-electron chi connectivity index (χ0n) is 8.63. The van der Waals surface area contributed by atoms with Gasteiger partial charge in [0.05, 0.1) is 12.5 Å². The number of carbonyl (C=O) groups excluding carboxylic acids is 1. The monoisotopic (exact) mass is 216 g/mol. The van der Waals surface area contributed by atoms with Crippen LogP contribution in [0, 0.1) is 24.2 Å². The van der Waals surface area contributed by atoms with Crippen molar-refractivity contribution in [2.24, 2.45) is 11.8 Å². The lowest BCUT2D eigenvalue weighted by molar-refractivity contribution is -0.157. The van der Waals surface area contributed by atoms with E-state index < -0.39 is 30.1 Å². The summed E-state index contributed by atoms with van der Waals surface area (Å²) in [5, 5.41) is 0. The molecule has 2 atom stereocenters. The number of halogens is 2. The fourth-order valence-corrected chi connectivity index (χ4v) is 1.83. The maximum Gasteiger partial charge on any atom is 0.310 e. The van der Waals surface area contributed by atoms with E-state index >= 15 is 0 Å². The third-order valence-electron chi connectivity index (χ3n) is 2.63. The largest absolute Gasteiger partial charge is 0.466 e. The van der Waals surface area contributed by atoms with E-state index in [1.54, 1.807) is 6.92 Å². The highest BCUT2D eigenvalue weighted by molar-refractivity contribution is 5.73. The Morgan fingerprint density at radius 2 is 2.33 bits per heavy atom. The molecule has 0 spiro atoms. The molecule has 0 aromatic rings. The number of terminal acetylenes is 1. The molecule has 1 rings (SSSR count). The average Bonchev–Trinajstić information content (AvgIpc) is 2.17. The molecule has 15 heavy (non-hydrogen) atoms. The molecule has 1 fully saturated rings. The molecular weight excluding hydrogens is 202 g/mol. The van der Waals surface area contributed by atoms with Gasteiger partial charge in [0.25, 0.3) is 0 Å². The highest BCUT2D eigenvalue weighted by Gasteiger charge is 2.44. The van der Waals surface area contributed by atoms with Crippen molar-refractivity contribution in [1.82, 2.24) is 0 Å². The fraction of sp³-hybridized carbons (Fsp3) is 0.727. The van der Waals surface area contributed by atoms with Crippen molar-refractivity contribution < 1.29 is 18.3 Å². The molecule has 0 aromatic carbocycles. The van der Waals surface area contributed by atoms with Crippen LogP contribution in [0.15, 0.2) is 0 Å². The number of esters is 1. The van der Waals surface area contributed by atoms with Gasteiger partial charge in [-0.3, -0.25) is 4.79 Å². The van der Waals surface area contributed by atoms with E-state index in [4.69, 9.17) is 11.2 Å². The SMILES string of the molecule is C#CC1CCC(F)(F)CC1C(=O)OCC. The normalized spacial score (nSPS) is 29.2. The summed E-state index contributed by atoms with van der Waals surface area (Å²) in [6.07, 6.45) is 4.68. The average molecular weight is 216 g/mol. The molecule has 1 aliphatic carbocycles. The van der Waals surface area contributed by atoms with E-state index in [0.717, 1.165) is 0 Å². The number of hydrogen-bond donors (Lipinski definition) is 0. The molecule has 0 saturated heterocycles. The highest BCUT2D eigenvalue weighted by Crippen LogP contribution is 2.40. The van der Waals surface area contributed by atoms with E-state index in [-0.39, 0.29) is 19.4 Å². The summed E-state index contributed by atoms with van der Waals surface area (Å²) in [5.41, 5.74) is 0. The summed E-state index contributed by atoms with van der Waals surface area (Å²) >= 11 is 0. The predicted octanol–water partition coefficient (Wildman–Crippen LogP) is 2.23. The van der Waals surface area contributed by atoms with Crippen molar-refractivity contribution in [3.05, 3.63) is 0 Å². The van der Waals surface area contributed by atoms with Crippen molar-refractivity contribution in [1.29, 1.82) is 0 Å². The lowest BCUT2D eigenvalue weighted by atomic mass is 9.78. The Hall–Kier alpha value is -1.11. The molecule has 4 heteroatoms. The predicted molar refractivity (Wildman–Crippen MR) is 51.2 cm³/mol. The second-order valence-electron chi connectivity index (χ2n) is 3.73. The zero-order chi connectivity index (χ0) is 11.5. The lowest BCUT2D eigenvalue weighted by Crippen LogP contribution is -2.37. The van der Waals surface area contributed by atoms with Gasteiger partial charge < -0.3 is 4.74 Å². The Morgan fingerprint density at radius 1 is 1.67 bits per heavy atom. The van der Waals surface area contributed by atoms with Gasteiger partial charge >= 0.3 is 5.97 Å². The van der Waals surface area contributed by atoms with E-state index in [1.807, 2.05) is 0 Å². The fourth-order valence-electron chi connectivity index (χ4n) is 1.83. The molecule has 84 valence electrons. The van der Waals surface area contributed by atoms with Crippen molar-refractivity contribution in [3.8, 4) is 12.3 Å². The van der Waals surface area contributed by atoms with Gasteiger partial charge in [0, 0.05) is 18.8 Å². The van der Waals surface area contributed by atoms with E-state index in [2.05, 4.69) is 5.92 Å². The van der Waals surface area contributed by atoms with Crippen LogP contribution in [0.1, 0.15) is 26.2 Å². The van der Waals surface area contributed by atoms with Gasteiger partial charge in [0.1, 0.15) is 0 Å². The maximum atomic E-state index is 13.1. The van der Waals surface area contributed by atoms with Crippen LogP contribution in [0.25, 0.3) is 0 Å². The van der Waals surface area contributed by atoms with Crippen LogP contribution < -0.4 is 0 Å². The van der Waals surface area contributed by atoms with E-state index in [9.17, 15) is 13.6 Å². The van der Waals surface area contributed by atoms with E-state index in [0.29, 0.717) is 0 Å². The number of alkyl halides is 2. The summed E-state index contributed by atoms with van der Waals surface area (Å²) in [6, 6.07) is 0. The van der Waals surface area contributed by atoms with Crippen LogP contribution in [-0.4, -0.2) is 18.5 Å². The third-order valence-corrected chi connectivity index (χ3v) is 2.63. The Morgan fingerprint density at radius 3 is 2.87 bits per heavy atom. The number of rotatable bonds is 2. The van der Waals surface area contributed by atoms with Crippen molar-refractivity contribution in [3.63, 3.8) is 0 Å².